The van der Waals surface area contributed by atoms with Crippen molar-refractivity contribution in [3.63, 3.8) is 0 Å². The maximum Gasteiger partial charge on any atom is 0.252 e. The molecule has 1 atom stereocenters. The second-order valence-electron chi connectivity index (χ2n) is 4.11. The molecular formula is C11H14N2O2S. The Bertz CT molecular complexity index is 465. The van der Waals surface area contributed by atoms with Crippen molar-refractivity contribution in [3.8, 4) is 0 Å². The minimum atomic E-state index is -0.599. The summed E-state index contributed by atoms with van der Waals surface area (Å²) in [6.45, 7) is 2.06. The third-order valence-corrected chi connectivity index (χ3v) is 4.10. The fraction of sp³-hybridized carbons (Fsp3) is 0.455. The van der Waals surface area contributed by atoms with Crippen molar-refractivity contribution >= 4 is 28.0 Å². The summed E-state index contributed by atoms with van der Waals surface area (Å²) in [7, 11) is 0. The maximum atomic E-state index is 11.9. The molecule has 1 unspecified atom stereocenters. The minimum Gasteiger partial charge on any atom is -0.390 e. The molecule has 1 heterocycles. The molecule has 0 saturated heterocycles. The van der Waals surface area contributed by atoms with E-state index in [4.69, 9.17) is 11.5 Å². The van der Waals surface area contributed by atoms with Crippen LogP contribution in [-0.2, 0) is 6.42 Å². The summed E-state index contributed by atoms with van der Waals surface area (Å²) in [6.07, 6.45) is 2.30. The van der Waals surface area contributed by atoms with Crippen LogP contribution in [0, 0.1) is 5.92 Å². The average Bonchev–Trinajstić information content (AvgIpc) is 2.54. The number of primary amides is 1. The van der Waals surface area contributed by atoms with E-state index in [-0.39, 0.29) is 11.3 Å². The molecule has 0 aromatic carbocycles. The molecule has 1 aromatic heterocycles. The molecule has 5 heteroatoms. The summed E-state index contributed by atoms with van der Waals surface area (Å²) < 4.78 is 0. The highest BCUT2D eigenvalue weighted by Crippen LogP contribution is 2.38. The number of ketones is 1. The number of hydrogen-bond donors (Lipinski definition) is 2. The van der Waals surface area contributed by atoms with E-state index in [1.54, 1.807) is 0 Å². The first-order chi connectivity index (χ1) is 7.54. The summed E-state index contributed by atoms with van der Waals surface area (Å²) in [5, 5.41) is 0.377. The van der Waals surface area contributed by atoms with Crippen LogP contribution in [0.2, 0.25) is 0 Å². The van der Waals surface area contributed by atoms with Crippen molar-refractivity contribution in [2.75, 3.05) is 5.73 Å². The topological polar surface area (TPSA) is 86.2 Å². The van der Waals surface area contributed by atoms with Gasteiger partial charge < -0.3 is 11.5 Å². The number of nitrogens with two attached hydrogens (primary N) is 2. The van der Waals surface area contributed by atoms with Crippen LogP contribution in [0.4, 0.5) is 5.00 Å². The van der Waals surface area contributed by atoms with Crippen molar-refractivity contribution in [2.45, 2.75) is 26.2 Å². The second kappa shape index (κ2) is 3.90. The van der Waals surface area contributed by atoms with E-state index in [1.807, 2.05) is 0 Å². The van der Waals surface area contributed by atoms with Gasteiger partial charge in [-0.3, -0.25) is 9.59 Å². The Balaban J connectivity index is 2.52. The number of rotatable bonds is 2. The van der Waals surface area contributed by atoms with Crippen molar-refractivity contribution < 1.29 is 9.59 Å². The molecule has 86 valence electrons. The first-order valence-electron chi connectivity index (χ1n) is 5.28. The van der Waals surface area contributed by atoms with E-state index in [0.717, 1.165) is 17.7 Å². The van der Waals surface area contributed by atoms with Gasteiger partial charge in [-0.15, -0.1) is 11.3 Å². The molecule has 0 aliphatic heterocycles. The second-order valence-corrected chi connectivity index (χ2v) is 5.25. The number of nitrogen functional groups attached to an aromatic ring is 1. The lowest BCUT2D eigenvalue weighted by atomic mass is 9.84. The highest BCUT2D eigenvalue weighted by atomic mass is 32.1. The molecule has 4 N–H and O–H groups in total. The molecule has 1 aliphatic carbocycles. The summed E-state index contributed by atoms with van der Waals surface area (Å²) >= 11 is 1.32. The van der Waals surface area contributed by atoms with Crippen LogP contribution in [0.3, 0.4) is 0 Å². The van der Waals surface area contributed by atoms with Crippen LogP contribution in [-0.4, -0.2) is 11.7 Å². The summed E-state index contributed by atoms with van der Waals surface area (Å²) in [4.78, 5) is 24.1. The molecule has 4 nitrogen and oxygen atoms in total. The van der Waals surface area contributed by atoms with Gasteiger partial charge in [0.25, 0.3) is 5.91 Å². The largest absolute Gasteiger partial charge is 0.390 e. The molecule has 0 radical (unpaired) electrons. The van der Waals surface area contributed by atoms with Gasteiger partial charge in [0.2, 0.25) is 0 Å². The molecule has 0 fully saturated rings. The van der Waals surface area contributed by atoms with Gasteiger partial charge in [0.15, 0.2) is 5.78 Å². The van der Waals surface area contributed by atoms with Crippen LogP contribution in [0.1, 0.15) is 45.4 Å². The SMILES string of the molecule is CCC1CC(=O)c2c(sc(N)c2C(N)=O)C1. The Kier molecular flexibility index (Phi) is 2.71. The maximum absolute atomic E-state index is 11.9. The molecule has 1 amide bonds. The van der Waals surface area contributed by atoms with E-state index >= 15 is 0 Å². The third-order valence-electron chi connectivity index (χ3n) is 3.06. The quantitative estimate of drug-likeness (QED) is 0.820. The average molecular weight is 238 g/mol. The van der Waals surface area contributed by atoms with Crippen LogP contribution in [0.25, 0.3) is 0 Å². The predicted molar refractivity (Wildman–Crippen MR) is 63.7 cm³/mol. The molecule has 1 aromatic rings. The lowest BCUT2D eigenvalue weighted by Gasteiger charge is -2.19. The van der Waals surface area contributed by atoms with Gasteiger partial charge >= 0.3 is 0 Å². The highest BCUT2D eigenvalue weighted by molar-refractivity contribution is 7.16. The molecule has 16 heavy (non-hydrogen) atoms. The number of amides is 1. The van der Waals surface area contributed by atoms with Crippen LogP contribution >= 0.6 is 11.3 Å². The summed E-state index contributed by atoms with van der Waals surface area (Å²) in [5.74, 6) is -0.216. The smallest absolute Gasteiger partial charge is 0.252 e. The fourth-order valence-corrected chi connectivity index (χ4v) is 3.38. The number of Topliss-reactive ketones (excluding diaryl/α,β-unsaturated/α-hetero) is 1. The molecule has 0 saturated carbocycles. The van der Waals surface area contributed by atoms with Gasteiger partial charge in [0.1, 0.15) is 0 Å². The zero-order valence-electron chi connectivity index (χ0n) is 9.08. The van der Waals surface area contributed by atoms with E-state index in [0.29, 0.717) is 22.9 Å². The standard InChI is InChI=1S/C11H14N2O2S/c1-2-5-3-6(14)8-7(4-5)16-11(13)9(8)10(12)15/h5H,2-4,13H2,1H3,(H2,12,15). The van der Waals surface area contributed by atoms with Crippen molar-refractivity contribution in [1.82, 2.24) is 0 Å². The van der Waals surface area contributed by atoms with Crippen LogP contribution in [0.5, 0.6) is 0 Å². The van der Waals surface area contributed by atoms with Gasteiger partial charge in [0, 0.05) is 16.9 Å². The number of carbonyl (C=O) groups excluding carboxylic acids is 2. The first-order valence-corrected chi connectivity index (χ1v) is 6.10. The molecule has 0 bridgehead atoms. The Labute approximate surface area is 97.6 Å². The van der Waals surface area contributed by atoms with Gasteiger partial charge in [0.05, 0.1) is 10.6 Å². The van der Waals surface area contributed by atoms with Gasteiger partial charge in [-0.2, -0.15) is 0 Å². The molecule has 0 spiro atoms. The zero-order valence-corrected chi connectivity index (χ0v) is 9.89. The summed E-state index contributed by atoms with van der Waals surface area (Å²) in [6, 6.07) is 0. The van der Waals surface area contributed by atoms with Crippen LogP contribution in [0.15, 0.2) is 0 Å². The number of fused-ring (bicyclic) bond motifs is 1. The molecule has 2 rings (SSSR count). The number of carbonyl (C=O) groups is 2. The van der Waals surface area contributed by atoms with Crippen LogP contribution < -0.4 is 11.5 Å². The monoisotopic (exact) mass is 238 g/mol. The third kappa shape index (κ3) is 1.61. The number of anilines is 1. The van der Waals surface area contributed by atoms with Gasteiger partial charge in [-0.25, -0.2) is 0 Å². The summed E-state index contributed by atoms with van der Waals surface area (Å²) in [5.41, 5.74) is 11.7. The van der Waals surface area contributed by atoms with Crippen molar-refractivity contribution in [2.24, 2.45) is 11.7 Å². The minimum absolute atomic E-state index is 0.00912. The highest BCUT2D eigenvalue weighted by Gasteiger charge is 2.31. The van der Waals surface area contributed by atoms with E-state index in [1.165, 1.54) is 11.3 Å². The van der Waals surface area contributed by atoms with Crippen molar-refractivity contribution in [3.05, 3.63) is 16.0 Å². The lowest BCUT2D eigenvalue weighted by Crippen LogP contribution is -2.22. The van der Waals surface area contributed by atoms with Gasteiger partial charge in [-0.1, -0.05) is 13.3 Å². The first kappa shape index (κ1) is 11.1. The zero-order chi connectivity index (χ0) is 11.9. The van der Waals surface area contributed by atoms with E-state index in [9.17, 15) is 9.59 Å². The van der Waals surface area contributed by atoms with Crippen molar-refractivity contribution in [1.29, 1.82) is 0 Å². The number of thiophene rings is 1. The predicted octanol–water partition coefficient (Wildman–Crippen LogP) is 1.58. The van der Waals surface area contributed by atoms with Gasteiger partial charge in [-0.05, 0) is 12.3 Å². The Morgan fingerprint density at radius 3 is 2.75 bits per heavy atom. The Morgan fingerprint density at radius 2 is 2.19 bits per heavy atom. The molecular weight excluding hydrogens is 224 g/mol. The molecule has 1 aliphatic rings. The Morgan fingerprint density at radius 1 is 1.50 bits per heavy atom. The lowest BCUT2D eigenvalue weighted by molar-refractivity contribution is 0.0932. The Hall–Kier alpha value is -1.36. The van der Waals surface area contributed by atoms with E-state index in [2.05, 4.69) is 6.92 Å². The number of hydrogen-bond acceptors (Lipinski definition) is 4. The van der Waals surface area contributed by atoms with E-state index < -0.39 is 5.91 Å². The fourth-order valence-electron chi connectivity index (χ4n) is 2.17. The normalized spacial score (nSPS) is 19.6.